The van der Waals surface area contributed by atoms with Gasteiger partial charge in [0.2, 0.25) is 0 Å². The summed E-state index contributed by atoms with van der Waals surface area (Å²) in [6.07, 6.45) is 4.55. The van der Waals surface area contributed by atoms with Gasteiger partial charge >= 0.3 is 0 Å². The number of rotatable bonds is 6. The first-order chi connectivity index (χ1) is 7.74. The Kier molecular flexibility index (Phi) is 3.59. The van der Waals surface area contributed by atoms with Gasteiger partial charge in [-0.3, -0.25) is 0 Å². The van der Waals surface area contributed by atoms with Crippen LogP contribution < -0.4 is 5.32 Å². The van der Waals surface area contributed by atoms with E-state index in [2.05, 4.69) is 40.9 Å². The Bertz CT molecular complexity index is 341. The molecule has 4 heteroatoms. The second-order valence-corrected chi connectivity index (χ2v) is 4.63. The van der Waals surface area contributed by atoms with E-state index in [1.54, 1.807) is 0 Å². The van der Waals surface area contributed by atoms with E-state index in [4.69, 9.17) is 0 Å². The second-order valence-electron chi connectivity index (χ2n) is 4.63. The highest BCUT2D eigenvalue weighted by Gasteiger charge is 2.22. The van der Waals surface area contributed by atoms with E-state index in [0.717, 1.165) is 37.1 Å². The van der Waals surface area contributed by atoms with Crippen LogP contribution in [0.3, 0.4) is 0 Å². The van der Waals surface area contributed by atoms with Gasteiger partial charge in [-0.05, 0) is 19.8 Å². The van der Waals surface area contributed by atoms with E-state index in [1.165, 1.54) is 12.8 Å². The predicted octanol–water partition coefficient (Wildman–Crippen LogP) is 1.72. The quantitative estimate of drug-likeness (QED) is 0.797. The number of aryl methyl sites for hydroxylation is 2. The van der Waals surface area contributed by atoms with Crippen molar-refractivity contribution >= 4 is 0 Å². The fourth-order valence-corrected chi connectivity index (χ4v) is 1.86. The highest BCUT2D eigenvalue weighted by molar-refractivity contribution is 4.95. The molecule has 1 saturated carbocycles. The van der Waals surface area contributed by atoms with Crippen LogP contribution in [0.5, 0.6) is 0 Å². The van der Waals surface area contributed by atoms with E-state index >= 15 is 0 Å². The SMILES string of the molecule is CCc1nc(CC)n(C(C)CNC2CC2)n1. The number of hydrogen-bond acceptors (Lipinski definition) is 3. The summed E-state index contributed by atoms with van der Waals surface area (Å²) in [6, 6.07) is 1.17. The molecule has 1 heterocycles. The van der Waals surface area contributed by atoms with Crippen molar-refractivity contribution in [3.8, 4) is 0 Å². The molecule has 0 aliphatic heterocycles. The van der Waals surface area contributed by atoms with Gasteiger partial charge in [0, 0.05) is 25.4 Å². The fourth-order valence-electron chi connectivity index (χ4n) is 1.86. The third-order valence-electron chi connectivity index (χ3n) is 3.07. The molecule has 1 aromatic rings. The summed E-state index contributed by atoms with van der Waals surface area (Å²) in [5.74, 6) is 2.08. The molecule has 1 fully saturated rings. The zero-order chi connectivity index (χ0) is 11.5. The lowest BCUT2D eigenvalue weighted by molar-refractivity contribution is 0.436. The summed E-state index contributed by atoms with van der Waals surface area (Å²) in [6.45, 7) is 7.46. The lowest BCUT2D eigenvalue weighted by Crippen LogP contribution is -2.26. The first kappa shape index (κ1) is 11.6. The molecule has 1 N–H and O–H groups in total. The van der Waals surface area contributed by atoms with Crippen LogP contribution in [-0.2, 0) is 12.8 Å². The van der Waals surface area contributed by atoms with E-state index in [1.807, 2.05) is 0 Å². The Morgan fingerprint density at radius 1 is 1.38 bits per heavy atom. The average Bonchev–Trinajstić information content (AvgIpc) is 3.03. The largest absolute Gasteiger partial charge is 0.312 e. The number of nitrogens with one attached hydrogen (secondary N) is 1. The highest BCUT2D eigenvalue weighted by Crippen LogP contribution is 2.19. The molecule has 16 heavy (non-hydrogen) atoms. The molecule has 1 aromatic heterocycles. The Labute approximate surface area is 97.5 Å². The maximum atomic E-state index is 4.56. The van der Waals surface area contributed by atoms with Gasteiger partial charge < -0.3 is 5.32 Å². The molecular formula is C12H22N4. The molecule has 1 unspecified atom stereocenters. The number of nitrogens with zero attached hydrogens (tertiary/aromatic N) is 3. The van der Waals surface area contributed by atoms with Crippen molar-refractivity contribution in [3.05, 3.63) is 11.6 Å². The fraction of sp³-hybridized carbons (Fsp3) is 0.833. The third-order valence-corrected chi connectivity index (χ3v) is 3.07. The Balaban J connectivity index is 2.01. The molecule has 4 nitrogen and oxygen atoms in total. The zero-order valence-corrected chi connectivity index (χ0v) is 10.5. The minimum absolute atomic E-state index is 0.406. The van der Waals surface area contributed by atoms with Crippen molar-refractivity contribution in [1.82, 2.24) is 20.1 Å². The summed E-state index contributed by atoms with van der Waals surface area (Å²) in [7, 11) is 0. The summed E-state index contributed by atoms with van der Waals surface area (Å²) >= 11 is 0. The standard InChI is InChI=1S/C12H22N4/c1-4-11-14-12(5-2)16(15-11)9(3)8-13-10-6-7-10/h9-10,13H,4-8H2,1-3H3. The van der Waals surface area contributed by atoms with Crippen LogP contribution in [0.2, 0.25) is 0 Å². The lowest BCUT2D eigenvalue weighted by Gasteiger charge is -2.14. The van der Waals surface area contributed by atoms with Gasteiger partial charge in [0.1, 0.15) is 5.82 Å². The Hall–Kier alpha value is -0.900. The average molecular weight is 222 g/mol. The summed E-state index contributed by atoms with van der Waals surface area (Å²) in [4.78, 5) is 4.54. The summed E-state index contributed by atoms with van der Waals surface area (Å²) in [5, 5.41) is 8.11. The Morgan fingerprint density at radius 2 is 2.12 bits per heavy atom. The van der Waals surface area contributed by atoms with Crippen LogP contribution in [0.4, 0.5) is 0 Å². The van der Waals surface area contributed by atoms with Gasteiger partial charge in [-0.2, -0.15) is 5.10 Å². The summed E-state index contributed by atoms with van der Waals surface area (Å²) < 4.78 is 2.09. The van der Waals surface area contributed by atoms with Gasteiger partial charge in [0.05, 0.1) is 6.04 Å². The lowest BCUT2D eigenvalue weighted by atomic mass is 10.3. The van der Waals surface area contributed by atoms with E-state index in [-0.39, 0.29) is 0 Å². The minimum Gasteiger partial charge on any atom is -0.312 e. The third kappa shape index (κ3) is 2.61. The van der Waals surface area contributed by atoms with E-state index in [9.17, 15) is 0 Å². The molecule has 0 spiro atoms. The monoisotopic (exact) mass is 222 g/mol. The maximum absolute atomic E-state index is 4.56. The van der Waals surface area contributed by atoms with E-state index < -0.39 is 0 Å². The van der Waals surface area contributed by atoms with Crippen molar-refractivity contribution in [2.75, 3.05) is 6.54 Å². The van der Waals surface area contributed by atoms with Crippen LogP contribution in [-0.4, -0.2) is 27.4 Å². The molecule has 0 saturated heterocycles. The molecule has 0 radical (unpaired) electrons. The zero-order valence-electron chi connectivity index (χ0n) is 10.5. The van der Waals surface area contributed by atoms with Gasteiger partial charge in [-0.15, -0.1) is 0 Å². The molecular weight excluding hydrogens is 200 g/mol. The molecule has 0 aromatic carbocycles. The van der Waals surface area contributed by atoms with Crippen LogP contribution >= 0.6 is 0 Å². The van der Waals surface area contributed by atoms with Crippen LogP contribution in [0, 0.1) is 0 Å². The first-order valence-corrected chi connectivity index (χ1v) is 6.42. The highest BCUT2D eigenvalue weighted by atomic mass is 15.4. The van der Waals surface area contributed by atoms with Gasteiger partial charge in [-0.25, -0.2) is 9.67 Å². The van der Waals surface area contributed by atoms with Crippen molar-refractivity contribution in [1.29, 1.82) is 0 Å². The topological polar surface area (TPSA) is 42.7 Å². The minimum atomic E-state index is 0.406. The molecule has 90 valence electrons. The number of hydrogen-bond donors (Lipinski definition) is 1. The molecule has 1 aliphatic rings. The van der Waals surface area contributed by atoms with Gasteiger partial charge in [-0.1, -0.05) is 13.8 Å². The molecule has 1 aliphatic carbocycles. The van der Waals surface area contributed by atoms with Crippen molar-refractivity contribution in [2.24, 2.45) is 0 Å². The van der Waals surface area contributed by atoms with Crippen LogP contribution in [0.25, 0.3) is 0 Å². The van der Waals surface area contributed by atoms with E-state index in [0.29, 0.717) is 6.04 Å². The van der Waals surface area contributed by atoms with Crippen molar-refractivity contribution < 1.29 is 0 Å². The van der Waals surface area contributed by atoms with Crippen molar-refractivity contribution in [2.45, 2.75) is 58.5 Å². The molecule has 0 amide bonds. The maximum Gasteiger partial charge on any atom is 0.150 e. The first-order valence-electron chi connectivity index (χ1n) is 6.42. The van der Waals surface area contributed by atoms with Gasteiger partial charge in [0.25, 0.3) is 0 Å². The normalized spacial score (nSPS) is 17.7. The smallest absolute Gasteiger partial charge is 0.150 e. The predicted molar refractivity (Wildman–Crippen MR) is 64.5 cm³/mol. The van der Waals surface area contributed by atoms with Crippen LogP contribution in [0.1, 0.15) is 51.3 Å². The van der Waals surface area contributed by atoms with Gasteiger partial charge in [0.15, 0.2) is 5.82 Å². The molecule has 2 rings (SSSR count). The summed E-state index contributed by atoms with van der Waals surface area (Å²) in [5.41, 5.74) is 0. The van der Waals surface area contributed by atoms with Crippen LogP contribution in [0.15, 0.2) is 0 Å². The molecule has 1 atom stereocenters. The molecule has 0 bridgehead atoms. The number of aromatic nitrogens is 3. The van der Waals surface area contributed by atoms with Crippen molar-refractivity contribution in [3.63, 3.8) is 0 Å². The Morgan fingerprint density at radius 3 is 2.69 bits per heavy atom. The second kappa shape index (κ2) is 4.95.